The monoisotopic (exact) mass is 321 g/mol. The standard InChI is InChI=1S/C15H23N5OS/c1-11(2)8-18-10-14(21)20(15(18)22)9-13-17-16-12-6-4-3-5-7-19(12)13/h11H,3-10H2,1-2H3. The van der Waals surface area contributed by atoms with Crippen molar-refractivity contribution in [1.29, 1.82) is 0 Å². The van der Waals surface area contributed by atoms with E-state index in [-0.39, 0.29) is 5.91 Å². The van der Waals surface area contributed by atoms with Gasteiger partial charge in [-0.3, -0.25) is 9.69 Å². The first-order valence-electron chi connectivity index (χ1n) is 8.06. The van der Waals surface area contributed by atoms with Crippen molar-refractivity contribution in [2.24, 2.45) is 5.92 Å². The summed E-state index contributed by atoms with van der Waals surface area (Å²) < 4.78 is 2.17. The molecule has 2 aliphatic heterocycles. The van der Waals surface area contributed by atoms with Crippen LogP contribution in [0.15, 0.2) is 0 Å². The summed E-state index contributed by atoms with van der Waals surface area (Å²) in [5.41, 5.74) is 0. The fourth-order valence-corrected chi connectivity index (χ4v) is 3.44. The number of aryl methyl sites for hydroxylation is 1. The van der Waals surface area contributed by atoms with Crippen molar-refractivity contribution in [3.63, 3.8) is 0 Å². The van der Waals surface area contributed by atoms with Gasteiger partial charge in [0.05, 0.1) is 13.1 Å². The third-order valence-electron chi connectivity index (χ3n) is 4.20. The smallest absolute Gasteiger partial charge is 0.248 e. The van der Waals surface area contributed by atoms with E-state index in [1.165, 1.54) is 12.8 Å². The number of aromatic nitrogens is 3. The second-order valence-corrected chi connectivity index (χ2v) is 6.90. The number of fused-ring (bicyclic) bond motifs is 1. The molecule has 0 spiro atoms. The summed E-state index contributed by atoms with van der Waals surface area (Å²) in [6.07, 6.45) is 4.52. The number of amides is 1. The predicted octanol–water partition coefficient (Wildman–Crippen LogP) is 1.59. The Morgan fingerprint density at radius 2 is 2.05 bits per heavy atom. The minimum absolute atomic E-state index is 0.0663. The van der Waals surface area contributed by atoms with Crippen molar-refractivity contribution in [2.75, 3.05) is 13.1 Å². The van der Waals surface area contributed by atoms with Crippen molar-refractivity contribution in [1.82, 2.24) is 24.6 Å². The highest BCUT2D eigenvalue weighted by atomic mass is 32.1. The third-order valence-corrected chi connectivity index (χ3v) is 4.68. The summed E-state index contributed by atoms with van der Waals surface area (Å²) in [5, 5.41) is 9.22. The lowest BCUT2D eigenvalue weighted by Gasteiger charge is -2.21. The molecular formula is C15H23N5OS. The number of rotatable bonds is 4. The maximum absolute atomic E-state index is 12.3. The molecule has 0 aliphatic carbocycles. The lowest BCUT2D eigenvalue weighted by molar-refractivity contribution is -0.125. The molecule has 3 rings (SSSR count). The summed E-state index contributed by atoms with van der Waals surface area (Å²) in [6.45, 7) is 6.86. The molecule has 1 aromatic heterocycles. The SMILES string of the molecule is CC(C)CN1CC(=O)N(Cc2nnc3n2CCCCC3)C1=S. The van der Waals surface area contributed by atoms with Gasteiger partial charge in [0.1, 0.15) is 5.82 Å². The normalized spacial score (nSPS) is 19.0. The first kappa shape index (κ1) is 15.4. The molecule has 0 N–H and O–H groups in total. The van der Waals surface area contributed by atoms with Crippen LogP contribution in [0, 0.1) is 5.92 Å². The fourth-order valence-electron chi connectivity index (χ4n) is 3.14. The molecule has 2 aliphatic rings. The number of thiocarbonyl (C=S) groups is 1. The number of carbonyl (C=O) groups is 1. The number of carbonyl (C=O) groups excluding carboxylic acids is 1. The van der Waals surface area contributed by atoms with Gasteiger partial charge in [-0.25, -0.2) is 0 Å². The van der Waals surface area contributed by atoms with E-state index in [2.05, 4.69) is 28.6 Å². The second kappa shape index (κ2) is 6.32. The van der Waals surface area contributed by atoms with Gasteiger partial charge in [-0.15, -0.1) is 10.2 Å². The van der Waals surface area contributed by atoms with Crippen molar-refractivity contribution in [2.45, 2.75) is 52.6 Å². The highest BCUT2D eigenvalue weighted by Crippen LogP contribution is 2.19. The Morgan fingerprint density at radius 1 is 1.23 bits per heavy atom. The van der Waals surface area contributed by atoms with Crippen LogP contribution in [0.4, 0.5) is 0 Å². The molecule has 3 heterocycles. The Hall–Kier alpha value is -1.50. The molecule has 0 aromatic carbocycles. The molecule has 6 nitrogen and oxygen atoms in total. The van der Waals surface area contributed by atoms with Gasteiger partial charge < -0.3 is 9.47 Å². The van der Waals surface area contributed by atoms with E-state index in [4.69, 9.17) is 12.2 Å². The van der Waals surface area contributed by atoms with Gasteiger partial charge in [0.25, 0.3) is 0 Å². The van der Waals surface area contributed by atoms with E-state index in [0.29, 0.717) is 24.1 Å². The quantitative estimate of drug-likeness (QED) is 0.788. The highest BCUT2D eigenvalue weighted by Gasteiger charge is 2.34. The van der Waals surface area contributed by atoms with Gasteiger partial charge in [0, 0.05) is 19.5 Å². The fraction of sp³-hybridized carbons (Fsp3) is 0.733. The molecule has 0 radical (unpaired) electrons. The molecule has 1 fully saturated rings. The van der Waals surface area contributed by atoms with Crippen LogP contribution in [0.25, 0.3) is 0 Å². The van der Waals surface area contributed by atoms with E-state index in [1.807, 2.05) is 4.90 Å². The number of hydrogen-bond acceptors (Lipinski definition) is 4. The maximum Gasteiger partial charge on any atom is 0.248 e. The van der Waals surface area contributed by atoms with Crippen LogP contribution in [0.1, 0.15) is 44.8 Å². The molecule has 0 unspecified atom stereocenters. The van der Waals surface area contributed by atoms with Gasteiger partial charge in [-0.1, -0.05) is 20.3 Å². The van der Waals surface area contributed by atoms with Crippen LogP contribution in [-0.2, 0) is 24.3 Å². The van der Waals surface area contributed by atoms with Gasteiger partial charge in [-0.2, -0.15) is 0 Å². The molecule has 0 atom stereocenters. The molecule has 7 heteroatoms. The lowest BCUT2D eigenvalue weighted by atomic mass is 10.2. The summed E-state index contributed by atoms with van der Waals surface area (Å²) >= 11 is 5.49. The van der Waals surface area contributed by atoms with E-state index in [9.17, 15) is 4.79 Å². The van der Waals surface area contributed by atoms with Crippen LogP contribution in [0.2, 0.25) is 0 Å². The summed E-state index contributed by atoms with van der Waals surface area (Å²) in [7, 11) is 0. The van der Waals surface area contributed by atoms with Crippen LogP contribution in [-0.4, -0.2) is 48.7 Å². The summed E-state index contributed by atoms with van der Waals surface area (Å²) in [4.78, 5) is 15.9. The van der Waals surface area contributed by atoms with Crippen LogP contribution >= 0.6 is 12.2 Å². The Balaban J connectivity index is 1.74. The van der Waals surface area contributed by atoms with Gasteiger partial charge in [-0.05, 0) is 31.0 Å². The van der Waals surface area contributed by atoms with Crippen molar-refractivity contribution in [3.8, 4) is 0 Å². The number of nitrogens with zero attached hydrogens (tertiary/aromatic N) is 5. The minimum Gasteiger partial charge on any atom is -0.339 e. The van der Waals surface area contributed by atoms with Gasteiger partial charge in [0.2, 0.25) is 5.91 Å². The van der Waals surface area contributed by atoms with E-state index in [0.717, 1.165) is 37.6 Å². The first-order chi connectivity index (χ1) is 10.6. The van der Waals surface area contributed by atoms with Crippen molar-refractivity contribution in [3.05, 3.63) is 11.6 Å². The van der Waals surface area contributed by atoms with Gasteiger partial charge >= 0.3 is 0 Å². The third kappa shape index (κ3) is 2.99. The second-order valence-electron chi connectivity index (χ2n) is 6.53. The zero-order valence-electron chi connectivity index (χ0n) is 13.3. The van der Waals surface area contributed by atoms with E-state index < -0.39 is 0 Å². The van der Waals surface area contributed by atoms with Crippen LogP contribution in [0.3, 0.4) is 0 Å². The first-order valence-corrected chi connectivity index (χ1v) is 8.47. The summed E-state index contributed by atoms with van der Waals surface area (Å²) in [6, 6.07) is 0. The summed E-state index contributed by atoms with van der Waals surface area (Å²) in [5.74, 6) is 2.45. The Morgan fingerprint density at radius 3 is 2.82 bits per heavy atom. The molecule has 22 heavy (non-hydrogen) atoms. The maximum atomic E-state index is 12.3. The van der Waals surface area contributed by atoms with Gasteiger partial charge in [0.15, 0.2) is 10.9 Å². The zero-order valence-corrected chi connectivity index (χ0v) is 14.1. The lowest BCUT2D eigenvalue weighted by Crippen LogP contribution is -2.34. The molecule has 1 amide bonds. The van der Waals surface area contributed by atoms with E-state index >= 15 is 0 Å². The molecular weight excluding hydrogens is 298 g/mol. The molecule has 1 saturated heterocycles. The Bertz CT molecular complexity index is 582. The molecule has 120 valence electrons. The number of hydrogen-bond donors (Lipinski definition) is 0. The highest BCUT2D eigenvalue weighted by molar-refractivity contribution is 7.80. The molecule has 1 aromatic rings. The minimum atomic E-state index is 0.0663. The topological polar surface area (TPSA) is 54.3 Å². The Kier molecular flexibility index (Phi) is 4.42. The largest absolute Gasteiger partial charge is 0.339 e. The van der Waals surface area contributed by atoms with Crippen LogP contribution in [0.5, 0.6) is 0 Å². The Labute approximate surface area is 136 Å². The predicted molar refractivity (Wildman–Crippen MR) is 87.1 cm³/mol. The average molecular weight is 321 g/mol. The zero-order chi connectivity index (χ0) is 15.7. The van der Waals surface area contributed by atoms with Crippen molar-refractivity contribution >= 4 is 23.2 Å². The molecule has 0 bridgehead atoms. The average Bonchev–Trinajstić information content (AvgIpc) is 2.84. The molecule has 0 saturated carbocycles. The van der Waals surface area contributed by atoms with E-state index in [1.54, 1.807) is 4.90 Å². The van der Waals surface area contributed by atoms with Crippen molar-refractivity contribution < 1.29 is 4.79 Å². The van der Waals surface area contributed by atoms with Crippen LogP contribution < -0.4 is 0 Å².